The van der Waals surface area contributed by atoms with Crippen molar-refractivity contribution in [3.63, 3.8) is 0 Å². The first kappa shape index (κ1) is 22.7. The maximum absolute atomic E-state index is 12.9. The van der Waals surface area contributed by atoms with E-state index < -0.39 is 35.4 Å². The van der Waals surface area contributed by atoms with Gasteiger partial charge in [-0.3, -0.25) is 25.8 Å². The SMILES string of the molecule is C[C@@H](Oc1ccc(F)cc1)C(=O)NNC(=O)c1cccc(NC(=O)OC(C)(C)C)c1. The van der Waals surface area contributed by atoms with Crippen LogP contribution in [-0.4, -0.2) is 29.6 Å². The lowest BCUT2D eigenvalue weighted by molar-refractivity contribution is -0.128. The van der Waals surface area contributed by atoms with Gasteiger partial charge in [-0.15, -0.1) is 0 Å². The summed E-state index contributed by atoms with van der Waals surface area (Å²) in [5.74, 6) is -1.30. The van der Waals surface area contributed by atoms with E-state index in [0.717, 1.165) is 0 Å². The predicted molar refractivity (Wildman–Crippen MR) is 108 cm³/mol. The molecule has 0 aliphatic heterocycles. The Kier molecular flexibility index (Phi) is 7.35. The zero-order valence-corrected chi connectivity index (χ0v) is 17.1. The zero-order chi connectivity index (χ0) is 22.3. The fraction of sp³-hybridized carbons (Fsp3) is 0.286. The normalized spacial score (nSPS) is 11.8. The van der Waals surface area contributed by atoms with Crippen LogP contribution in [0.1, 0.15) is 38.1 Å². The first-order valence-corrected chi connectivity index (χ1v) is 9.16. The van der Waals surface area contributed by atoms with Gasteiger partial charge in [-0.2, -0.15) is 0 Å². The molecule has 0 aliphatic rings. The Balaban J connectivity index is 1.88. The molecule has 0 heterocycles. The lowest BCUT2D eigenvalue weighted by atomic mass is 10.2. The van der Waals surface area contributed by atoms with E-state index in [0.29, 0.717) is 11.4 Å². The quantitative estimate of drug-likeness (QED) is 0.647. The van der Waals surface area contributed by atoms with E-state index in [1.165, 1.54) is 43.3 Å². The number of carbonyl (C=O) groups excluding carboxylic acids is 3. The summed E-state index contributed by atoms with van der Waals surface area (Å²) in [6, 6.07) is 11.3. The number of amides is 3. The van der Waals surface area contributed by atoms with Gasteiger partial charge < -0.3 is 9.47 Å². The summed E-state index contributed by atoms with van der Waals surface area (Å²) in [4.78, 5) is 36.2. The summed E-state index contributed by atoms with van der Waals surface area (Å²) in [7, 11) is 0. The minimum atomic E-state index is -0.934. The largest absolute Gasteiger partial charge is 0.481 e. The number of nitrogens with one attached hydrogen (secondary N) is 3. The molecule has 1 atom stereocenters. The van der Waals surface area contributed by atoms with Gasteiger partial charge >= 0.3 is 6.09 Å². The minimum absolute atomic E-state index is 0.205. The summed E-state index contributed by atoms with van der Waals surface area (Å²) in [5, 5.41) is 2.53. The Hall–Kier alpha value is -3.62. The summed E-state index contributed by atoms with van der Waals surface area (Å²) in [5.41, 5.74) is 4.43. The predicted octanol–water partition coefficient (Wildman–Crippen LogP) is 3.40. The molecule has 0 radical (unpaired) electrons. The van der Waals surface area contributed by atoms with Gasteiger partial charge in [-0.05, 0) is 70.2 Å². The second-order valence-corrected chi connectivity index (χ2v) is 7.37. The van der Waals surface area contributed by atoms with Crippen LogP contribution in [0.15, 0.2) is 48.5 Å². The second-order valence-electron chi connectivity index (χ2n) is 7.37. The molecule has 160 valence electrons. The van der Waals surface area contributed by atoms with Crippen LogP contribution < -0.4 is 20.9 Å². The van der Waals surface area contributed by atoms with Crippen LogP contribution in [0.5, 0.6) is 5.75 Å². The van der Waals surface area contributed by atoms with Crippen molar-refractivity contribution in [2.24, 2.45) is 0 Å². The lowest BCUT2D eigenvalue weighted by Crippen LogP contribution is -2.47. The van der Waals surface area contributed by atoms with E-state index in [9.17, 15) is 18.8 Å². The zero-order valence-electron chi connectivity index (χ0n) is 17.1. The van der Waals surface area contributed by atoms with E-state index in [4.69, 9.17) is 9.47 Å². The van der Waals surface area contributed by atoms with E-state index in [-0.39, 0.29) is 5.56 Å². The van der Waals surface area contributed by atoms with Crippen LogP contribution in [0.3, 0.4) is 0 Å². The van der Waals surface area contributed by atoms with Gasteiger partial charge in [0.1, 0.15) is 17.2 Å². The summed E-state index contributed by atoms with van der Waals surface area (Å²) >= 11 is 0. The fourth-order valence-corrected chi connectivity index (χ4v) is 2.22. The molecule has 30 heavy (non-hydrogen) atoms. The maximum Gasteiger partial charge on any atom is 0.412 e. The molecule has 3 N–H and O–H groups in total. The highest BCUT2D eigenvalue weighted by Crippen LogP contribution is 2.14. The van der Waals surface area contributed by atoms with Crippen LogP contribution in [0.4, 0.5) is 14.9 Å². The molecule has 0 fully saturated rings. The van der Waals surface area contributed by atoms with Crippen LogP contribution in [-0.2, 0) is 9.53 Å². The van der Waals surface area contributed by atoms with Crippen molar-refractivity contribution in [3.8, 4) is 5.75 Å². The van der Waals surface area contributed by atoms with Crippen LogP contribution >= 0.6 is 0 Å². The van der Waals surface area contributed by atoms with E-state index in [1.807, 2.05) is 0 Å². The summed E-state index contributed by atoms with van der Waals surface area (Å²) < 4.78 is 23.5. The lowest BCUT2D eigenvalue weighted by Gasteiger charge is -2.19. The van der Waals surface area contributed by atoms with Gasteiger partial charge in [-0.1, -0.05) is 6.07 Å². The number of carbonyl (C=O) groups is 3. The molecular weight excluding hydrogens is 393 g/mol. The second kappa shape index (κ2) is 9.73. The van der Waals surface area contributed by atoms with Gasteiger partial charge in [0.05, 0.1) is 0 Å². The highest BCUT2D eigenvalue weighted by molar-refractivity contribution is 5.97. The molecule has 8 nitrogen and oxygen atoms in total. The van der Waals surface area contributed by atoms with Gasteiger partial charge in [0.25, 0.3) is 11.8 Å². The average molecular weight is 417 g/mol. The van der Waals surface area contributed by atoms with Crippen LogP contribution in [0, 0.1) is 5.82 Å². The molecule has 0 saturated heterocycles. The van der Waals surface area contributed by atoms with E-state index in [1.54, 1.807) is 32.9 Å². The molecule has 2 aromatic carbocycles. The third-order valence-corrected chi connectivity index (χ3v) is 3.56. The van der Waals surface area contributed by atoms with Crippen molar-refractivity contribution in [3.05, 3.63) is 59.9 Å². The number of hydrazine groups is 1. The molecular formula is C21H24FN3O5. The first-order chi connectivity index (χ1) is 14.0. The fourth-order valence-electron chi connectivity index (χ4n) is 2.22. The number of hydrogen-bond acceptors (Lipinski definition) is 5. The van der Waals surface area contributed by atoms with Gasteiger partial charge in [0.15, 0.2) is 6.10 Å². The van der Waals surface area contributed by atoms with Crippen molar-refractivity contribution >= 4 is 23.6 Å². The third-order valence-electron chi connectivity index (χ3n) is 3.56. The maximum atomic E-state index is 12.9. The first-order valence-electron chi connectivity index (χ1n) is 9.16. The Morgan fingerprint density at radius 3 is 2.30 bits per heavy atom. The molecule has 0 spiro atoms. The molecule has 0 unspecified atom stereocenters. The van der Waals surface area contributed by atoms with Crippen molar-refractivity contribution in [1.29, 1.82) is 0 Å². The van der Waals surface area contributed by atoms with Crippen LogP contribution in [0.25, 0.3) is 0 Å². The summed E-state index contributed by atoms with van der Waals surface area (Å²) in [6.45, 7) is 6.69. The average Bonchev–Trinajstić information content (AvgIpc) is 2.66. The number of hydrogen-bond donors (Lipinski definition) is 3. The number of benzene rings is 2. The van der Waals surface area contributed by atoms with E-state index in [2.05, 4.69) is 16.2 Å². The molecule has 9 heteroatoms. The standard InChI is InChI=1S/C21H24FN3O5/c1-13(29-17-10-8-15(22)9-11-17)18(26)24-25-19(27)14-6-5-7-16(12-14)23-20(28)30-21(2,3)4/h5-13H,1-4H3,(H,23,28)(H,24,26)(H,25,27)/t13-/m1/s1. The van der Waals surface area contributed by atoms with Crippen LogP contribution in [0.2, 0.25) is 0 Å². The van der Waals surface area contributed by atoms with E-state index >= 15 is 0 Å². The summed E-state index contributed by atoms with van der Waals surface area (Å²) in [6.07, 6.45) is -1.59. The smallest absolute Gasteiger partial charge is 0.412 e. The molecule has 0 aliphatic carbocycles. The number of halogens is 1. The third kappa shape index (κ3) is 7.42. The molecule has 0 bridgehead atoms. The molecule has 3 amide bonds. The molecule has 0 saturated carbocycles. The number of ether oxygens (including phenoxy) is 2. The van der Waals surface area contributed by atoms with Gasteiger partial charge in [0, 0.05) is 11.3 Å². The van der Waals surface area contributed by atoms with Gasteiger partial charge in [0.2, 0.25) is 0 Å². The Morgan fingerprint density at radius 1 is 1.00 bits per heavy atom. The number of anilines is 1. The van der Waals surface area contributed by atoms with Crippen molar-refractivity contribution in [1.82, 2.24) is 10.9 Å². The highest BCUT2D eigenvalue weighted by atomic mass is 19.1. The highest BCUT2D eigenvalue weighted by Gasteiger charge is 2.18. The van der Waals surface area contributed by atoms with Crippen molar-refractivity contribution < 1.29 is 28.2 Å². The Morgan fingerprint density at radius 2 is 1.67 bits per heavy atom. The van der Waals surface area contributed by atoms with Crippen molar-refractivity contribution in [2.45, 2.75) is 39.4 Å². The topological polar surface area (TPSA) is 106 Å². The monoisotopic (exact) mass is 417 g/mol. The number of rotatable bonds is 5. The Bertz CT molecular complexity index is 910. The molecule has 2 rings (SSSR count). The minimum Gasteiger partial charge on any atom is -0.481 e. The van der Waals surface area contributed by atoms with Gasteiger partial charge in [-0.25, -0.2) is 9.18 Å². The Labute approximate surface area is 173 Å². The molecule has 2 aromatic rings. The van der Waals surface area contributed by atoms with Crippen molar-refractivity contribution in [2.75, 3.05) is 5.32 Å². The molecule has 0 aromatic heterocycles.